The average molecular weight is 302 g/mol. The van der Waals surface area contributed by atoms with Gasteiger partial charge in [-0.15, -0.1) is 0 Å². The molecule has 106 valence electrons. The lowest BCUT2D eigenvalue weighted by Gasteiger charge is -2.22. The lowest BCUT2D eigenvalue weighted by molar-refractivity contribution is 0.352. The number of rotatable bonds is 5. The monoisotopic (exact) mass is 301 g/mol. The molecule has 1 heterocycles. The Bertz CT molecular complexity index is 530. The zero-order valence-corrected chi connectivity index (χ0v) is 12.7. The molecular weight excluding hydrogens is 282 g/mol. The van der Waals surface area contributed by atoms with Crippen molar-refractivity contribution in [2.45, 2.75) is 12.8 Å². The van der Waals surface area contributed by atoms with Crippen LogP contribution in [0.4, 0.5) is 0 Å². The summed E-state index contributed by atoms with van der Waals surface area (Å²) in [6, 6.07) is 7.80. The molecule has 1 fully saturated rings. The fourth-order valence-electron chi connectivity index (χ4n) is 2.81. The molecule has 1 saturated heterocycles. The van der Waals surface area contributed by atoms with E-state index < -0.39 is 9.84 Å². The molecular formula is C14H20ClNO2S. The first-order valence-corrected chi connectivity index (χ1v) is 8.80. The van der Waals surface area contributed by atoms with Crippen LogP contribution in [0.2, 0.25) is 5.02 Å². The summed E-state index contributed by atoms with van der Waals surface area (Å²) >= 11 is 6.19. The Labute approximate surface area is 120 Å². The van der Waals surface area contributed by atoms with Gasteiger partial charge in [-0.3, -0.25) is 0 Å². The highest BCUT2D eigenvalue weighted by Gasteiger charge is 2.33. The molecule has 2 atom stereocenters. The minimum atomic E-state index is -2.82. The molecule has 1 N–H and O–H groups in total. The van der Waals surface area contributed by atoms with Gasteiger partial charge in [-0.05, 0) is 49.9 Å². The van der Waals surface area contributed by atoms with Gasteiger partial charge in [0.25, 0.3) is 0 Å². The van der Waals surface area contributed by atoms with Crippen LogP contribution >= 0.6 is 11.6 Å². The van der Waals surface area contributed by atoms with Gasteiger partial charge in [-0.1, -0.05) is 29.8 Å². The van der Waals surface area contributed by atoms with E-state index in [4.69, 9.17) is 11.6 Å². The van der Waals surface area contributed by atoms with Crippen LogP contribution in [0.3, 0.4) is 0 Å². The normalized spacial score (nSPS) is 23.4. The first-order chi connectivity index (χ1) is 9.02. The summed E-state index contributed by atoms with van der Waals surface area (Å²) in [5.74, 6) is 1.22. The van der Waals surface area contributed by atoms with Gasteiger partial charge in [0.05, 0.1) is 11.5 Å². The van der Waals surface area contributed by atoms with Crippen molar-refractivity contribution in [3.8, 4) is 0 Å². The molecule has 0 spiro atoms. The summed E-state index contributed by atoms with van der Waals surface area (Å²) in [5, 5.41) is 3.94. The molecule has 1 aliphatic heterocycles. The highest BCUT2D eigenvalue weighted by molar-refractivity contribution is 7.91. The number of hydrogen-bond acceptors (Lipinski definition) is 3. The Hall–Kier alpha value is -0.580. The van der Waals surface area contributed by atoms with Crippen molar-refractivity contribution < 1.29 is 8.42 Å². The number of benzene rings is 1. The molecule has 0 radical (unpaired) electrons. The van der Waals surface area contributed by atoms with Crippen molar-refractivity contribution in [3.63, 3.8) is 0 Å². The highest BCUT2D eigenvalue weighted by Crippen LogP contribution is 2.30. The second-order valence-electron chi connectivity index (χ2n) is 5.28. The van der Waals surface area contributed by atoms with Gasteiger partial charge in [0.1, 0.15) is 0 Å². The third kappa shape index (κ3) is 3.94. The smallest absolute Gasteiger partial charge is 0.150 e. The molecule has 2 rings (SSSR count). The summed E-state index contributed by atoms with van der Waals surface area (Å²) in [6.07, 6.45) is 1.61. The Kier molecular flexibility index (Phi) is 4.87. The predicted molar refractivity (Wildman–Crippen MR) is 79.3 cm³/mol. The Morgan fingerprint density at radius 1 is 1.42 bits per heavy atom. The Morgan fingerprint density at radius 3 is 2.74 bits per heavy atom. The standard InChI is InChI=1S/C14H20ClNO2S/c1-16-9-13(12-6-7-19(17,18)10-12)8-11-4-2-3-5-14(11)15/h2-5,12-13,16H,6-10H2,1H3. The van der Waals surface area contributed by atoms with Crippen LogP contribution in [0.1, 0.15) is 12.0 Å². The van der Waals surface area contributed by atoms with Gasteiger partial charge < -0.3 is 5.32 Å². The van der Waals surface area contributed by atoms with Crippen LogP contribution in [-0.2, 0) is 16.3 Å². The number of halogens is 1. The Morgan fingerprint density at radius 2 is 2.16 bits per heavy atom. The quantitative estimate of drug-likeness (QED) is 0.906. The maximum atomic E-state index is 11.6. The zero-order valence-electron chi connectivity index (χ0n) is 11.1. The molecule has 0 aliphatic carbocycles. The minimum absolute atomic E-state index is 0.244. The molecule has 1 aliphatic rings. The number of nitrogens with one attached hydrogen (secondary N) is 1. The van der Waals surface area contributed by atoms with Crippen molar-refractivity contribution in [1.82, 2.24) is 5.32 Å². The maximum absolute atomic E-state index is 11.6. The van der Waals surface area contributed by atoms with E-state index in [1.807, 2.05) is 31.3 Å². The summed E-state index contributed by atoms with van der Waals surface area (Å²) in [7, 11) is -0.916. The van der Waals surface area contributed by atoms with Gasteiger partial charge in [0.15, 0.2) is 9.84 Å². The minimum Gasteiger partial charge on any atom is -0.319 e. The van der Waals surface area contributed by atoms with E-state index in [9.17, 15) is 8.42 Å². The van der Waals surface area contributed by atoms with Crippen LogP contribution < -0.4 is 5.32 Å². The summed E-state index contributed by atoms with van der Waals surface area (Å²) in [4.78, 5) is 0. The van der Waals surface area contributed by atoms with Crippen LogP contribution in [0.5, 0.6) is 0 Å². The molecule has 3 nitrogen and oxygen atoms in total. The second kappa shape index (κ2) is 6.25. The van der Waals surface area contributed by atoms with Gasteiger partial charge >= 0.3 is 0 Å². The summed E-state index contributed by atoms with van der Waals surface area (Å²) in [5.41, 5.74) is 1.11. The Balaban J connectivity index is 2.11. The van der Waals surface area contributed by atoms with E-state index in [2.05, 4.69) is 5.32 Å². The van der Waals surface area contributed by atoms with E-state index in [1.165, 1.54) is 0 Å². The first-order valence-electron chi connectivity index (χ1n) is 6.60. The summed E-state index contributed by atoms with van der Waals surface area (Å²) in [6.45, 7) is 0.825. The SMILES string of the molecule is CNCC(Cc1ccccc1Cl)C1CCS(=O)(=O)C1. The lowest BCUT2D eigenvalue weighted by atomic mass is 9.86. The van der Waals surface area contributed by atoms with E-state index in [-0.39, 0.29) is 5.92 Å². The molecule has 0 saturated carbocycles. The third-order valence-electron chi connectivity index (χ3n) is 3.84. The average Bonchev–Trinajstić information content (AvgIpc) is 2.72. The van der Waals surface area contributed by atoms with Crippen molar-refractivity contribution in [1.29, 1.82) is 0 Å². The van der Waals surface area contributed by atoms with E-state index in [0.29, 0.717) is 17.4 Å². The highest BCUT2D eigenvalue weighted by atomic mass is 35.5. The largest absolute Gasteiger partial charge is 0.319 e. The maximum Gasteiger partial charge on any atom is 0.150 e. The number of sulfone groups is 1. The van der Waals surface area contributed by atoms with Crippen LogP contribution in [0.15, 0.2) is 24.3 Å². The fourth-order valence-corrected chi connectivity index (χ4v) is 4.94. The first kappa shape index (κ1) is 14.8. The van der Waals surface area contributed by atoms with Gasteiger partial charge in [-0.25, -0.2) is 8.42 Å². The van der Waals surface area contributed by atoms with Crippen LogP contribution in [0, 0.1) is 11.8 Å². The van der Waals surface area contributed by atoms with Crippen LogP contribution in [-0.4, -0.2) is 33.5 Å². The van der Waals surface area contributed by atoms with E-state index >= 15 is 0 Å². The van der Waals surface area contributed by atoms with Crippen molar-refractivity contribution >= 4 is 21.4 Å². The molecule has 0 bridgehead atoms. The molecule has 0 amide bonds. The molecule has 1 aromatic carbocycles. The van der Waals surface area contributed by atoms with Crippen molar-refractivity contribution in [2.75, 3.05) is 25.1 Å². The molecule has 1 aromatic rings. The van der Waals surface area contributed by atoms with Gasteiger partial charge in [0.2, 0.25) is 0 Å². The van der Waals surface area contributed by atoms with Crippen LogP contribution in [0.25, 0.3) is 0 Å². The lowest BCUT2D eigenvalue weighted by Crippen LogP contribution is -2.28. The van der Waals surface area contributed by atoms with Gasteiger partial charge in [0, 0.05) is 5.02 Å². The third-order valence-corrected chi connectivity index (χ3v) is 6.00. The number of hydrogen-bond donors (Lipinski definition) is 1. The zero-order chi connectivity index (χ0) is 13.9. The molecule has 0 aromatic heterocycles. The van der Waals surface area contributed by atoms with Crippen molar-refractivity contribution in [2.24, 2.45) is 11.8 Å². The topological polar surface area (TPSA) is 46.2 Å². The second-order valence-corrected chi connectivity index (χ2v) is 7.91. The predicted octanol–water partition coefficient (Wildman–Crippen LogP) is 2.15. The molecule has 5 heteroatoms. The van der Waals surface area contributed by atoms with E-state index in [1.54, 1.807) is 0 Å². The molecule has 19 heavy (non-hydrogen) atoms. The van der Waals surface area contributed by atoms with Crippen molar-refractivity contribution in [3.05, 3.63) is 34.9 Å². The summed E-state index contributed by atoms with van der Waals surface area (Å²) < 4.78 is 23.2. The molecule has 2 unspecified atom stereocenters. The fraction of sp³-hybridized carbons (Fsp3) is 0.571. The van der Waals surface area contributed by atoms with E-state index in [0.717, 1.165) is 30.0 Å². The van der Waals surface area contributed by atoms with Gasteiger partial charge in [-0.2, -0.15) is 0 Å².